The van der Waals surface area contributed by atoms with Crippen LogP contribution in [0.15, 0.2) is 23.6 Å². The van der Waals surface area contributed by atoms with Gasteiger partial charge in [-0.3, -0.25) is 4.79 Å². The zero-order valence-corrected chi connectivity index (χ0v) is 12.4. The molecule has 0 bridgehead atoms. The molecule has 1 atom stereocenters. The Labute approximate surface area is 118 Å². The summed E-state index contributed by atoms with van der Waals surface area (Å²) in [5, 5.41) is 3.96. The summed E-state index contributed by atoms with van der Waals surface area (Å²) in [5.74, 6) is 0.665. The molecule has 0 saturated carbocycles. The van der Waals surface area contributed by atoms with Crippen LogP contribution in [-0.2, 0) is 4.79 Å². The van der Waals surface area contributed by atoms with Gasteiger partial charge in [-0.2, -0.15) is 0 Å². The number of thioether (sulfide) groups is 1. The molecule has 0 saturated heterocycles. The van der Waals surface area contributed by atoms with E-state index in [1.165, 1.54) is 0 Å². The third-order valence-electron chi connectivity index (χ3n) is 2.96. The predicted octanol–water partition coefficient (Wildman–Crippen LogP) is 1.59. The minimum absolute atomic E-state index is 0.284. The number of nitrogens with two attached hydrogens (primary N) is 1. The highest BCUT2D eigenvalue weighted by atomic mass is 32.2. The summed E-state index contributed by atoms with van der Waals surface area (Å²) in [5.41, 5.74) is 4.84. The molecular weight excluding hydrogens is 260 g/mol. The summed E-state index contributed by atoms with van der Waals surface area (Å²) in [6, 6.07) is 1.80. The molecule has 0 spiro atoms. The molecule has 1 amide bonds. The summed E-state index contributed by atoms with van der Waals surface area (Å²) in [4.78, 5) is 19.7. The molecule has 0 aliphatic heterocycles. The Bertz CT molecular complexity index is 387. The second-order valence-corrected chi connectivity index (χ2v) is 5.63. The molecule has 0 aliphatic rings. The van der Waals surface area contributed by atoms with Gasteiger partial charge in [0, 0.05) is 18.1 Å². The minimum Gasteiger partial charge on any atom is -0.368 e. The predicted molar refractivity (Wildman–Crippen MR) is 77.9 cm³/mol. The number of unbranched alkanes of at least 4 members (excludes halogenated alkanes) is 1. The highest BCUT2D eigenvalue weighted by molar-refractivity contribution is 7.99. The highest BCUT2D eigenvalue weighted by Gasteiger charge is 2.28. The minimum atomic E-state index is -0.595. The Balaban J connectivity index is 2.24. The summed E-state index contributed by atoms with van der Waals surface area (Å²) in [7, 11) is 0. The fourth-order valence-electron chi connectivity index (χ4n) is 1.79. The van der Waals surface area contributed by atoms with Crippen LogP contribution in [0.5, 0.6) is 0 Å². The zero-order chi connectivity index (χ0) is 14.1. The molecule has 6 heteroatoms. The maximum Gasteiger partial charge on any atom is 0.237 e. The number of hydrogen-bond acceptors (Lipinski definition) is 5. The average Bonchev–Trinajstić information content (AvgIpc) is 2.39. The molecule has 1 unspecified atom stereocenters. The van der Waals surface area contributed by atoms with Gasteiger partial charge in [0.05, 0.1) is 5.54 Å². The van der Waals surface area contributed by atoms with E-state index in [1.54, 1.807) is 30.2 Å². The topological polar surface area (TPSA) is 80.9 Å². The van der Waals surface area contributed by atoms with E-state index in [4.69, 9.17) is 5.73 Å². The Morgan fingerprint density at radius 1 is 1.42 bits per heavy atom. The molecule has 0 aliphatic carbocycles. The largest absolute Gasteiger partial charge is 0.368 e. The quantitative estimate of drug-likeness (QED) is 0.408. The van der Waals surface area contributed by atoms with E-state index < -0.39 is 5.54 Å². The molecule has 19 heavy (non-hydrogen) atoms. The van der Waals surface area contributed by atoms with Gasteiger partial charge >= 0.3 is 0 Å². The second kappa shape index (κ2) is 8.12. The van der Waals surface area contributed by atoms with Gasteiger partial charge in [-0.25, -0.2) is 9.97 Å². The Hall–Kier alpha value is -1.14. The van der Waals surface area contributed by atoms with E-state index in [9.17, 15) is 4.79 Å². The van der Waals surface area contributed by atoms with Gasteiger partial charge in [0.25, 0.3) is 0 Å². The SMILES string of the molecule is CCNC(C)(CCCCSc1ncccn1)C(N)=O. The number of hydrogen-bond donors (Lipinski definition) is 2. The van der Waals surface area contributed by atoms with Gasteiger partial charge < -0.3 is 11.1 Å². The Morgan fingerprint density at radius 2 is 2.11 bits per heavy atom. The van der Waals surface area contributed by atoms with Crippen LogP contribution in [0.3, 0.4) is 0 Å². The lowest BCUT2D eigenvalue weighted by Gasteiger charge is -2.26. The molecule has 0 radical (unpaired) electrons. The molecule has 3 N–H and O–H groups in total. The molecule has 1 heterocycles. The Morgan fingerprint density at radius 3 is 2.68 bits per heavy atom. The molecular formula is C13H22N4OS. The van der Waals surface area contributed by atoms with Crippen molar-refractivity contribution in [3.8, 4) is 0 Å². The van der Waals surface area contributed by atoms with Gasteiger partial charge in [-0.05, 0) is 32.4 Å². The summed E-state index contributed by atoms with van der Waals surface area (Å²) in [6.45, 7) is 4.59. The Kier molecular flexibility index (Phi) is 6.80. The molecule has 0 aromatic carbocycles. The first-order chi connectivity index (χ1) is 9.08. The lowest BCUT2D eigenvalue weighted by molar-refractivity contribution is -0.124. The first-order valence-electron chi connectivity index (χ1n) is 6.53. The van der Waals surface area contributed by atoms with E-state index in [0.29, 0.717) is 0 Å². The number of rotatable bonds is 9. The molecule has 1 aromatic rings. The van der Waals surface area contributed by atoms with E-state index in [1.807, 2.05) is 13.8 Å². The molecule has 106 valence electrons. The lowest BCUT2D eigenvalue weighted by atomic mass is 9.94. The van der Waals surface area contributed by atoms with Crippen LogP contribution in [0, 0.1) is 0 Å². The molecule has 1 aromatic heterocycles. The fourth-order valence-corrected chi connectivity index (χ4v) is 2.59. The number of nitrogens with zero attached hydrogens (tertiary/aromatic N) is 2. The van der Waals surface area contributed by atoms with E-state index in [2.05, 4.69) is 15.3 Å². The molecule has 1 rings (SSSR count). The van der Waals surface area contributed by atoms with Crippen LogP contribution >= 0.6 is 11.8 Å². The normalized spacial score (nSPS) is 14.0. The van der Waals surface area contributed by atoms with Gasteiger partial charge in [-0.15, -0.1) is 0 Å². The number of nitrogens with one attached hydrogen (secondary N) is 1. The van der Waals surface area contributed by atoms with Crippen molar-refractivity contribution in [3.63, 3.8) is 0 Å². The third kappa shape index (κ3) is 5.57. The van der Waals surface area contributed by atoms with Crippen LogP contribution in [0.4, 0.5) is 0 Å². The van der Waals surface area contributed by atoms with Crippen molar-refractivity contribution < 1.29 is 4.79 Å². The maximum atomic E-state index is 11.4. The van der Waals surface area contributed by atoms with Crippen LogP contribution < -0.4 is 11.1 Å². The van der Waals surface area contributed by atoms with E-state index >= 15 is 0 Å². The van der Waals surface area contributed by atoms with Crippen molar-refractivity contribution in [2.24, 2.45) is 5.73 Å². The van der Waals surface area contributed by atoms with Crippen LogP contribution in [-0.4, -0.2) is 33.7 Å². The summed E-state index contributed by atoms with van der Waals surface area (Å²) >= 11 is 1.63. The lowest BCUT2D eigenvalue weighted by Crippen LogP contribution is -2.52. The summed E-state index contributed by atoms with van der Waals surface area (Å²) < 4.78 is 0. The number of primary amides is 1. The first kappa shape index (κ1) is 15.9. The van der Waals surface area contributed by atoms with Crippen molar-refractivity contribution in [1.82, 2.24) is 15.3 Å². The van der Waals surface area contributed by atoms with Crippen molar-refractivity contribution in [2.45, 2.75) is 43.8 Å². The standard InChI is InChI=1S/C13H22N4OS/c1-3-17-13(2,11(14)18)7-4-5-10-19-12-15-8-6-9-16-12/h6,8-9,17H,3-5,7,10H2,1-2H3,(H2,14,18). The average molecular weight is 282 g/mol. The van der Waals surface area contributed by atoms with Crippen LogP contribution in [0.1, 0.15) is 33.1 Å². The van der Waals surface area contributed by atoms with Crippen LogP contribution in [0.25, 0.3) is 0 Å². The van der Waals surface area contributed by atoms with E-state index in [0.717, 1.165) is 36.7 Å². The third-order valence-corrected chi connectivity index (χ3v) is 3.92. The second-order valence-electron chi connectivity index (χ2n) is 4.56. The zero-order valence-electron chi connectivity index (χ0n) is 11.6. The summed E-state index contributed by atoms with van der Waals surface area (Å²) in [6.07, 6.45) is 6.20. The highest BCUT2D eigenvalue weighted by Crippen LogP contribution is 2.17. The number of amides is 1. The van der Waals surface area contributed by atoms with Crippen LogP contribution in [0.2, 0.25) is 0 Å². The molecule has 5 nitrogen and oxygen atoms in total. The maximum absolute atomic E-state index is 11.4. The van der Waals surface area contributed by atoms with Gasteiger partial charge in [0.2, 0.25) is 5.91 Å². The number of carbonyl (C=O) groups excluding carboxylic acids is 1. The van der Waals surface area contributed by atoms with Gasteiger partial charge in [0.15, 0.2) is 5.16 Å². The first-order valence-corrected chi connectivity index (χ1v) is 7.52. The molecule has 0 fully saturated rings. The number of likely N-dealkylation sites (N-methyl/N-ethyl adjacent to an activating group) is 1. The van der Waals surface area contributed by atoms with Crippen molar-refractivity contribution >= 4 is 17.7 Å². The van der Waals surface area contributed by atoms with E-state index in [-0.39, 0.29) is 5.91 Å². The fraction of sp³-hybridized carbons (Fsp3) is 0.615. The number of aromatic nitrogens is 2. The van der Waals surface area contributed by atoms with Crippen molar-refractivity contribution in [1.29, 1.82) is 0 Å². The van der Waals surface area contributed by atoms with Gasteiger partial charge in [-0.1, -0.05) is 25.1 Å². The van der Waals surface area contributed by atoms with Crippen molar-refractivity contribution in [3.05, 3.63) is 18.5 Å². The number of carbonyl (C=O) groups is 1. The monoisotopic (exact) mass is 282 g/mol. The van der Waals surface area contributed by atoms with Gasteiger partial charge in [0.1, 0.15) is 0 Å². The van der Waals surface area contributed by atoms with Crippen molar-refractivity contribution in [2.75, 3.05) is 12.3 Å². The smallest absolute Gasteiger partial charge is 0.237 e.